The summed E-state index contributed by atoms with van der Waals surface area (Å²) in [5, 5.41) is 9.41. The van der Waals surface area contributed by atoms with E-state index < -0.39 is 5.41 Å². The molecule has 0 saturated carbocycles. The second-order valence-corrected chi connectivity index (χ2v) is 7.44. The first-order valence-corrected chi connectivity index (χ1v) is 7.40. The quantitative estimate of drug-likeness (QED) is 0.726. The fourth-order valence-electron chi connectivity index (χ4n) is 2.59. The first-order valence-electron chi connectivity index (χ1n) is 6.41. The molecule has 0 aromatic heterocycles. The van der Waals surface area contributed by atoms with Crippen LogP contribution in [0.4, 0.5) is 0 Å². The Balaban J connectivity index is 2.12. The van der Waals surface area contributed by atoms with Gasteiger partial charge in [-0.15, -0.1) is 0 Å². The smallest absolute Gasteiger partial charge is 0.243 e. The lowest BCUT2D eigenvalue weighted by atomic mass is 9.80. The van der Waals surface area contributed by atoms with Crippen LogP contribution in [0.3, 0.4) is 0 Å². The summed E-state index contributed by atoms with van der Waals surface area (Å²) in [6.45, 7) is 6.84. The van der Waals surface area contributed by atoms with E-state index in [1.807, 2.05) is 16.7 Å². The molecule has 2 rings (SSSR count). The monoisotopic (exact) mass is 268 g/mol. The van der Waals surface area contributed by atoms with Gasteiger partial charge in [-0.1, -0.05) is 0 Å². The van der Waals surface area contributed by atoms with Gasteiger partial charge in [0.2, 0.25) is 5.91 Å². The van der Waals surface area contributed by atoms with Crippen molar-refractivity contribution in [3.8, 4) is 6.07 Å². The summed E-state index contributed by atoms with van der Waals surface area (Å²) >= 11 is 1.89. The van der Waals surface area contributed by atoms with Crippen LogP contribution in [-0.4, -0.2) is 47.6 Å². The molecule has 0 N–H and O–H groups in total. The molecule has 2 saturated heterocycles. The molecule has 0 atom stereocenters. The van der Waals surface area contributed by atoms with Crippen molar-refractivity contribution in [1.82, 2.24) is 4.90 Å². The van der Waals surface area contributed by atoms with Crippen LogP contribution in [0.1, 0.15) is 26.7 Å². The van der Waals surface area contributed by atoms with Crippen molar-refractivity contribution in [2.24, 2.45) is 5.41 Å². The Bertz CT molecular complexity index is 370. The zero-order valence-electron chi connectivity index (χ0n) is 11.1. The number of nitriles is 1. The van der Waals surface area contributed by atoms with Crippen molar-refractivity contribution in [2.45, 2.75) is 31.4 Å². The Morgan fingerprint density at radius 1 is 1.39 bits per heavy atom. The standard InChI is InChI=1S/C13H20N2O2S/c1-12(2)10-15(5-8-18-12)11(16)13(9-14)3-6-17-7-4-13/h3-8,10H2,1-2H3. The van der Waals surface area contributed by atoms with Crippen LogP contribution in [0.2, 0.25) is 0 Å². The molecule has 0 aliphatic carbocycles. The lowest BCUT2D eigenvalue weighted by Crippen LogP contribution is -2.52. The molecule has 1 amide bonds. The lowest BCUT2D eigenvalue weighted by Gasteiger charge is -2.41. The van der Waals surface area contributed by atoms with E-state index in [-0.39, 0.29) is 10.7 Å². The van der Waals surface area contributed by atoms with Gasteiger partial charge < -0.3 is 9.64 Å². The van der Waals surface area contributed by atoms with Gasteiger partial charge in [0, 0.05) is 36.8 Å². The van der Waals surface area contributed by atoms with E-state index in [1.54, 1.807) is 0 Å². The Kier molecular flexibility index (Phi) is 3.88. The van der Waals surface area contributed by atoms with Gasteiger partial charge in [-0.05, 0) is 26.7 Å². The maximum absolute atomic E-state index is 12.6. The highest BCUT2D eigenvalue weighted by atomic mass is 32.2. The van der Waals surface area contributed by atoms with Crippen molar-refractivity contribution in [2.75, 3.05) is 32.1 Å². The summed E-state index contributed by atoms with van der Waals surface area (Å²) in [4.78, 5) is 14.5. The van der Waals surface area contributed by atoms with E-state index in [0.29, 0.717) is 26.1 Å². The second kappa shape index (κ2) is 5.10. The van der Waals surface area contributed by atoms with Gasteiger partial charge in [0.25, 0.3) is 0 Å². The zero-order valence-corrected chi connectivity index (χ0v) is 11.9. The topological polar surface area (TPSA) is 53.3 Å². The fourth-order valence-corrected chi connectivity index (χ4v) is 3.70. The van der Waals surface area contributed by atoms with Crippen LogP contribution in [0.5, 0.6) is 0 Å². The van der Waals surface area contributed by atoms with E-state index in [4.69, 9.17) is 4.74 Å². The van der Waals surface area contributed by atoms with Gasteiger partial charge in [-0.25, -0.2) is 0 Å². The van der Waals surface area contributed by atoms with E-state index in [9.17, 15) is 10.1 Å². The molecule has 100 valence electrons. The molecule has 4 nitrogen and oxygen atoms in total. The van der Waals surface area contributed by atoms with E-state index in [0.717, 1.165) is 18.8 Å². The molecule has 5 heteroatoms. The van der Waals surface area contributed by atoms with Crippen molar-refractivity contribution >= 4 is 17.7 Å². The molecule has 2 aliphatic heterocycles. The van der Waals surface area contributed by atoms with Gasteiger partial charge in [0.1, 0.15) is 5.41 Å². The predicted octanol–water partition coefficient (Wildman–Crippen LogP) is 1.66. The summed E-state index contributed by atoms with van der Waals surface area (Å²) in [7, 11) is 0. The first-order chi connectivity index (χ1) is 8.49. The number of nitrogens with zero attached hydrogens (tertiary/aromatic N) is 2. The second-order valence-electron chi connectivity index (χ2n) is 5.64. The minimum absolute atomic E-state index is 0.0154. The van der Waals surface area contributed by atoms with E-state index in [1.165, 1.54) is 0 Å². The number of amides is 1. The van der Waals surface area contributed by atoms with Crippen LogP contribution >= 0.6 is 11.8 Å². The average Bonchev–Trinajstić information content (AvgIpc) is 2.37. The van der Waals surface area contributed by atoms with Crippen molar-refractivity contribution < 1.29 is 9.53 Å². The highest BCUT2D eigenvalue weighted by Crippen LogP contribution is 2.36. The van der Waals surface area contributed by atoms with Crippen LogP contribution < -0.4 is 0 Å². The maximum Gasteiger partial charge on any atom is 0.243 e. The number of hydrogen-bond donors (Lipinski definition) is 0. The number of carbonyl (C=O) groups excluding carboxylic acids is 1. The molecule has 0 spiro atoms. The Morgan fingerprint density at radius 2 is 2.06 bits per heavy atom. The third-order valence-electron chi connectivity index (χ3n) is 3.68. The summed E-state index contributed by atoms with van der Waals surface area (Å²) in [5.74, 6) is 0.971. The number of thioether (sulfide) groups is 1. The first kappa shape index (κ1) is 13.7. The van der Waals surface area contributed by atoms with Crippen LogP contribution in [0.15, 0.2) is 0 Å². The molecule has 0 bridgehead atoms. The number of ether oxygens (including phenoxy) is 1. The molecule has 2 aliphatic rings. The third-order valence-corrected chi connectivity index (χ3v) is 4.98. The summed E-state index contributed by atoms with van der Waals surface area (Å²) in [5.41, 5.74) is -0.837. The number of carbonyl (C=O) groups is 1. The normalized spacial score (nSPS) is 26.4. The van der Waals surface area contributed by atoms with Crippen molar-refractivity contribution in [3.63, 3.8) is 0 Å². The molecule has 0 aromatic carbocycles. The Morgan fingerprint density at radius 3 is 2.61 bits per heavy atom. The van der Waals surface area contributed by atoms with Gasteiger partial charge in [-0.3, -0.25) is 4.79 Å². The van der Waals surface area contributed by atoms with Crippen molar-refractivity contribution in [3.05, 3.63) is 0 Å². The summed E-state index contributed by atoms with van der Waals surface area (Å²) in [6.07, 6.45) is 1.07. The molecular formula is C13H20N2O2S. The van der Waals surface area contributed by atoms with Crippen molar-refractivity contribution in [1.29, 1.82) is 5.26 Å². The van der Waals surface area contributed by atoms with Gasteiger partial charge >= 0.3 is 0 Å². The number of hydrogen-bond acceptors (Lipinski definition) is 4. The Labute approximate surface area is 113 Å². The maximum atomic E-state index is 12.6. The largest absolute Gasteiger partial charge is 0.381 e. The molecule has 0 aromatic rings. The molecular weight excluding hydrogens is 248 g/mol. The molecule has 18 heavy (non-hydrogen) atoms. The highest BCUT2D eigenvalue weighted by Gasteiger charge is 2.44. The van der Waals surface area contributed by atoms with Gasteiger partial charge in [0.05, 0.1) is 6.07 Å². The average molecular weight is 268 g/mol. The third kappa shape index (κ3) is 2.65. The van der Waals surface area contributed by atoms with Crippen LogP contribution in [-0.2, 0) is 9.53 Å². The zero-order chi connectivity index (χ0) is 13.2. The summed E-state index contributed by atoms with van der Waals surface area (Å²) in [6, 6.07) is 2.26. The lowest BCUT2D eigenvalue weighted by molar-refractivity contribution is -0.143. The SMILES string of the molecule is CC1(C)CN(C(=O)C2(C#N)CCOCC2)CCS1. The predicted molar refractivity (Wildman–Crippen MR) is 71.2 cm³/mol. The highest BCUT2D eigenvalue weighted by molar-refractivity contribution is 8.00. The van der Waals surface area contributed by atoms with Crippen LogP contribution in [0, 0.1) is 16.7 Å². The van der Waals surface area contributed by atoms with E-state index >= 15 is 0 Å². The Hall–Kier alpha value is -0.730. The molecule has 2 heterocycles. The van der Waals surface area contributed by atoms with E-state index in [2.05, 4.69) is 19.9 Å². The minimum atomic E-state index is -0.837. The molecule has 0 unspecified atom stereocenters. The minimum Gasteiger partial charge on any atom is -0.381 e. The molecule has 0 radical (unpaired) electrons. The summed E-state index contributed by atoms with van der Waals surface area (Å²) < 4.78 is 5.37. The van der Waals surface area contributed by atoms with Crippen LogP contribution in [0.25, 0.3) is 0 Å². The van der Waals surface area contributed by atoms with Gasteiger partial charge in [0.15, 0.2) is 0 Å². The van der Waals surface area contributed by atoms with Gasteiger partial charge in [-0.2, -0.15) is 17.0 Å². The molecule has 2 fully saturated rings. The fraction of sp³-hybridized carbons (Fsp3) is 0.846. The number of rotatable bonds is 1.